The van der Waals surface area contributed by atoms with E-state index in [4.69, 9.17) is 4.74 Å². The first-order valence-electron chi connectivity index (χ1n) is 5.32. The topological polar surface area (TPSA) is 34.2 Å². The first kappa shape index (κ1) is 11.0. The maximum absolute atomic E-state index is 5.11. The van der Waals surface area contributed by atoms with Gasteiger partial charge in [0.15, 0.2) is 0 Å². The van der Waals surface area contributed by atoms with Crippen LogP contribution in [-0.2, 0) is 16.7 Å². The molecule has 2 rings (SSSR count). The van der Waals surface area contributed by atoms with Crippen LogP contribution in [0.3, 0.4) is 0 Å². The molecule has 2 heterocycles. The van der Waals surface area contributed by atoms with Gasteiger partial charge in [-0.2, -0.15) is 0 Å². The molecule has 1 N–H and O–H groups in total. The molecule has 0 radical (unpaired) electrons. The predicted octanol–water partition coefficient (Wildman–Crippen LogP) is 1.93. The lowest BCUT2D eigenvalue weighted by molar-refractivity contribution is -0.00568. The summed E-state index contributed by atoms with van der Waals surface area (Å²) < 4.78 is 5.11. The number of hydrogen-bond acceptors (Lipinski definition) is 4. The van der Waals surface area contributed by atoms with Crippen molar-refractivity contribution in [2.45, 2.75) is 38.8 Å². The molecule has 84 valence electrons. The molecule has 0 atom stereocenters. The van der Waals surface area contributed by atoms with Crippen LogP contribution >= 0.6 is 11.3 Å². The fourth-order valence-corrected chi connectivity index (χ4v) is 2.26. The second kappa shape index (κ2) is 4.20. The zero-order chi connectivity index (χ0) is 10.9. The van der Waals surface area contributed by atoms with Crippen LogP contribution in [0.5, 0.6) is 0 Å². The van der Waals surface area contributed by atoms with Crippen molar-refractivity contribution in [2.24, 2.45) is 0 Å². The fourth-order valence-electron chi connectivity index (χ4n) is 1.33. The molecule has 0 aliphatic carbocycles. The molecule has 1 fully saturated rings. The summed E-state index contributed by atoms with van der Waals surface area (Å²) in [5.41, 5.74) is 0.169. The summed E-state index contributed by atoms with van der Waals surface area (Å²) in [5, 5.41) is 4.66. The van der Waals surface area contributed by atoms with Crippen molar-refractivity contribution in [1.82, 2.24) is 10.3 Å². The lowest BCUT2D eigenvalue weighted by Crippen LogP contribution is -2.45. The molecule has 15 heavy (non-hydrogen) atoms. The van der Waals surface area contributed by atoms with Crippen molar-refractivity contribution in [3.63, 3.8) is 0 Å². The quantitative estimate of drug-likeness (QED) is 0.855. The molecule has 0 saturated carbocycles. The Kier molecular flexibility index (Phi) is 3.09. The molecule has 0 spiro atoms. The standard InChI is InChI=1S/C11H18N2OS/c1-11(2,3)10-13-5-9(15-10)4-12-8-6-14-7-8/h5,8,12H,4,6-7H2,1-3H3. The Hall–Kier alpha value is -0.450. The van der Waals surface area contributed by atoms with Crippen molar-refractivity contribution in [3.8, 4) is 0 Å². The Labute approximate surface area is 94.9 Å². The first-order valence-corrected chi connectivity index (χ1v) is 6.13. The van der Waals surface area contributed by atoms with Crippen molar-refractivity contribution in [3.05, 3.63) is 16.1 Å². The number of aromatic nitrogens is 1. The third-order valence-electron chi connectivity index (χ3n) is 2.40. The van der Waals surface area contributed by atoms with E-state index in [2.05, 4.69) is 31.1 Å². The third-order valence-corrected chi connectivity index (χ3v) is 3.82. The summed E-state index contributed by atoms with van der Waals surface area (Å²) in [4.78, 5) is 5.77. The zero-order valence-corrected chi connectivity index (χ0v) is 10.4. The molecular formula is C11H18N2OS. The average molecular weight is 226 g/mol. The molecule has 3 nitrogen and oxygen atoms in total. The largest absolute Gasteiger partial charge is 0.378 e. The van der Waals surface area contributed by atoms with Gasteiger partial charge in [0.25, 0.3) is 0 Å². The van der Waals surface area contributed by atoms with Crippen molar-refractivity contribution in [1.29, 1.82) is 0 Å². The number of nitrogens with zero attached hydrogens (tertiary/aromatic N) is 1. The summed E-state index contributed by atoms with van der Waals surface area (Å²) in [6.45, 7) is 9.21. The van der Waals surface area contributed by atoms with Gasteiger partial charge in [-0.15, -0.1) is 11.3 Å². The number of thiazole rings is 1. The van der Waals surface area contributed by atoms with Gasteiger partial charge in [0, 0.05) is 23.0 Å². The second-order valence-corrected chi connectivity index (χ2v) is 6.11. The minimum absolute atomic E-state index is 0.169. The Bertz CT molecular complexity index is 326. The van der Waals surface area contributed by atoms with Crippen LogP contribution < -0.4 is 5.32 Å². The highest BCUT2D eigenvalue weighted by Crippen LogP contribution is 2.26. The van der Waals surface area contributed by atoms with Gasteiger partial charge in [0.1, 0.15) is 0 Å². The van der Waals surface area contributed by atoms with Crippen LogP contribution in [0.25, 0.3) is 0 Å². The molecule has 4 heteroatoms. The smallest absolute Gasteiger partial charge is 0.0981 e. The van der Waals surface area contributed by atoms with Gasteiger partial charge >= 0.3 is 0 Å². The maximum atomic E-state index is 5.11. The van der Waals surface area contributed by atoms with Gasteiger partial charge in [-0.1, -0.05) is 20.8 Å². The lowest BCUT2D eigenvalue weighted by Gasteiger charge is -2.26. The second-order valence-electron chi connectivity index (χ2n) is 5.00. The molecule has 1 aromatic rings. The number of nitrogens with one attached hydrogen (secondary N) is 1. The molecule has 0 bridgehead atoms. The van der Waals surface area contributed by atoms with Gasteiger partial charge in [-0.25, -0.2) is 4.98 Å². The van der Waals surface area contributed by atoms with E-state index in [0.717, 1.165) is 19.8 Å². The summed E-state index contributed by atoms with van der Waals surface area (Å²) in [5.74, 6) is 0. The summed E-state index contributed by atoms with van der Waals surface area (Å²) in [6.07, 6.45) is 1.98. The van der Waals surface area contributed by atoms with Gasteiger partial charge < -0.3 is 10.1 Å². The molecule has 1 aromatic heterocycles. The average Bonchev–Trinajstić information content (AvgIpc) is 2.48. The molecule has 0 amide bonds. The summed E-state index contributed by atoms with van der Waals surface area (Å²) in [7, 11) is 0. The Morgan fingerprint density at radius 1 is 1.53 bits per heavy atom. The first-order chi connectivity index (χ1) is 7.05. The molecule has 0 aromatic carbocycles. The highest BCUT2D eigenvalue weighted by molar-refractivity contribution is 7.11. The van der Waals surface area contributed by atoms with E-state index >= 15 is 0 Å². The normalized spacial score (nSPS) is 17.8. The Balaban J connectivity index is 1.89. The lowest BCUT2D eigenvalue weighted by atomic mass is 9.98. The minimum Gasteiger partial charge on any atom is -0.378 e. The summed E-state index contributed by atoms with van der Waals surface area (Å²) in [6, 6.07) is 0.546. The van der Waals surface area contributed by atoms with Gasteiger partial charge in [-0.3, -0.25) is 0 Å². The number of ether oxygens (including phenoxy) is 1. The van der Waals surface area contributed by atoms with Crippen LogP contribution in [0.15, 0.2) is 6.20 Å². The van der Waals surface area contributed by atoms with E-state index < -0.39 is 0 Å². The predicted molar refractivity (Wildman–Crippen MR) is 62.3 cm³/mol. The third kappa shape index (κ3) is 2.77. The number of rotatable bonds is 3. The highest BCUT2D eigenvalue weighted by atomic mass is 32.1. The van der Waals surface area contributed by atoms with Crippen LogP contribution in [0, 0.1) is 0 Å². The van der Waals surface area contributed by atoms with Gasteiger partial charge in [-0.05, 0) is 0 Å². The van der Waals surface area contributed by atoms with Gasteiger partial charge in [0.05, 0.1) is 24.3 Å². The molecular weight excluding hydrogens is 208 g/mol. The van der Waals surface area contributed by atoms with Gasteiger partial charge in [0.2, 0.25) is 0 Å². The maximum Gasteiger partial charge on any atom is 0.0981 e. The van der Waals surface area contributed by atoms with E-state index in [9.17, 15) is 0 Å². The monoisotopic (exact) mass is 226 g/mol. The molecule has 0 unspecified atom stereocenters. The van der Waals surface area contributed by atoms with E-state index in [0.29, 0.717) is 6.04 Å². The van der Waals surface area contributed by atoms with Crippen molar-refractivity contribution < 1.29 is 4.74 Å². The van der Waals surface area contributed by atoms with Crippen molar-refractivity contribution >= 4 is 11.3 Å². The Morgan fingerprint density at radius 2 is 2.27 bits per heavy atom. The van der Waals surface area contributed by atoms with Crippen LogP contribution in [0.2, 0.25) is 0 Å². The van der Waals surface area contributed by atoms with Crippen LogP contribution in [0.1, 0.15) is 30.7 Å². The summed E-state index contributed by atoms with van der Waals surface area (Å²) >= 11 is 1.80. The van der Waals surface area contributed by atoms with Crippen LogP contribution in [0.4, 0.5) is 0 Å². The zero-order valence-electron chi connectivity index (χ0n) is 9.54. The fraction of sp³-hybridized carbons (Fsp3) is 0.727. The minimum atomic E-state index is 0.169. The van der Waals surface area contributed by atoms with E-state index in [1.807, 2.05) is 6.20 Å². The molecule has 1 aliphatic heterocycles. The molecule has 1 saturated heterocycles. The molecule has 1 aliphatic rings. The SMILES string of the molecule is CC(C)(C)c1ncc(CNC2COC2)s1. The van der Waals surface area contributed by atoms with E-state index in [-0.39, 0.29) is 5.41 Å². The van der Waals surface area contributed by atoms with E-state index in [1.165, 1.54) is 9.88 Å². The van der Waals surface area contributed by atoms with Crippen molar-refractivity contribution in [2.75, 3.05) is 13.2 Å². The highest BCUT2D eigenvalue weighted by Gasteiger charge is 2.20. The van der Waals surface area contributed by atoms with Crippen LogP contribution in [-0.4, -0.2) is 24.2 Å². The Morgan fingerprint density at radius 3 is 2.73 bits per heavy atom. The number of hydrogen-bond donors (Lipinski definition) is 1. The van der Waals surface area contributed by atoms with E-state index in [1.54, 1.807) is 11.3 Å².